The molecule has 2 aromatic carbocycles. The normalized spacial score (nSPS) is 18.3. The van der Waals surface area contributed by atoms with Crippen molar-refractivity contribution in [1.82, 2.24) is 19.9 Å². The molecule has 3 heterocycles. The van der Waals surface area contributed by atoms with E-state index in [-0.39, 0.29) is 29.4 Å². The number of likely N-dealkylation sites (tertiary alicyclic amines) is 1. The molecule has 0 aliphatic carbocycles. The average Bonchev–Trinajstić information content (AvgIpc) is 3.25. The van der Waals surface area contributed by atoms with E-state index in [2.05, 4.69) is 27.2 Å². The molecule has 1 aliphatic heterocycles. The van der Waals surface area contributed by atoms with Crippen LogP contribution in [0.2, 0.25) is 0 Å². The molecule has 5 rings (SSSR count). The highest BCUT2D eigenvalue weighted by Gasteiger charge is 2.34. The summed E-state index contributed by atoms with van der Waals surface area (Å²) in [5.41, 5.74) is 1.60. The SMILES string of the molecule is C[C@@H]1CCCN(C(=O)c2cc(F)ccc2-c2ncccn2)[C@@H]1CNc1nc2cc(F)ccc2o1. The van der Waals surface area contributed by atoms with E-state index >= 15 is 0 Å². The van der Waals surface area contributed by atoms with Gasteiger partial charge in [-0.05, 0) is 55.2 Å². The molecule has 0 unspecified atom stereocenters. The number of amides is 1. The van der Waals surface area contributed by atoms with E-state index in [1.165, 1.54) is 36.4 Å². The molecule has 174 valence electrons. The summed E-state index contributed by atoms with van der Waals surface area (Å²) in [6.45, 7) is 3.01. The first-order valence-corrected chi connectivity index (χ1v) is 11.2. The number of hydrogen-bond donors (Lipinski definition) is 1. The van der Waals surface area contributed by atoms with Crippen LogP contribution in [0.5, 0.6) is 0 Å². The Morgan fingerprint density at radius 2 is 1.91 bits per heavy atom. The number of rotatable bonds is 5. The second-order valence-electron chi connectivity index (χ2n) is 8.46. The van der Waals surface area contributed by atoms with E-state index in [1.54, 1.807) is 23.4 Å². The lowest BCUT2D eigenvalue weighted by atomic mass is 9.89. The highest BCUT2D eigenvalue weighted by molar-refractivity contribution is 6.00. The Bertz CT molecular complexity index is 1330. The number of piperidine rings is 1. The fourth-order valence-electron chi connectivity index (χ4n) is 4.46. The highest BCUT2D eigenvalue weighted by Crippen LogP contribution is 2.29. The van der Waals surface area contributed by atoms with Gasteiger partial charge in [0, 0.05) is 37.1 Å². The third kappa shape index (κ3) is 4.33. The monoisotopic (exact) mass is 463 g/mol. The highest BCUT2D eigenvalue weighted by atomic mass is 19.1. The van der Waals surface area contributed by atoms with Gasteiger partial charge in [-0.15, -0.1) is 0 Å². The molecule has 1 N–H and O–H groups in total. The van der Waals surface area contributed by atoms with Crippen LogP contribution in [-0.2, 0) is 0 Å². The van der Waals surface area contributed by atoms with Crippen molar-refractivity contribution >= 4 is 23.0 Å². The Kier molecular flexibility index (Phi) is 5.91. The smallest absolute Gasteiger partial charge is 0.295 e. The second kappa shape index (κ2) is 9.17. The fraction of sp³-hybridized carbons (Fsp3) is 0.280. The van der Waals surface area contributed by atoms with Crippen LogP contribution < -0.4 is 5.32 Å². The fourth-order valence-corrected chi connectivity index (χ4v) is 4.46. The summed E-state index contributed by atoms with van der Waals surface area (Å²) in [4.78, 5) is 28.2. The molecule has 1 amide bonds. The van der Waals surface area contributed by atoms with Gasteiger partial charge in [0.05, 0.1) is 11.6 Å². The molecule has 7 nitrogen and oxygen atoms in total. The van der Waals surface area contributed by atoms with Gasteiger partial charge >= 0.3 is 0 Å². The number of halogens is 2. The Morgan fingerprint density at radius 3 is 2.74 bits per heavy atom. The average molecular weight is 463 g/mol. The first kappa shape index (κ1) is 21.9. The van der Waals surface area contributed by atoms with Crippen LogP contribution in [0.1, 0.15) is 30.1 Å². The number of oxazole rings is 1. The topological polar surface area (TPSA) is 84.2 Å². The van der Waals surface area contributed by atoms with Gasteiger partial charge in [-0.25, -0.2) is 18.7 Å². The summed E-state index contributed by atoms with van der Waals surface area (Å²) in [5.74, 6) is -0.610. The zero-order chi connectivity index (χ0) is 23.7. The van der Waals surface area contributed by atoms with Gasteiger partial charge in [0.1, 0.15) is 17.2 Å². The zero-order valence-electron chi connectivity index (χ0n) is 18.5. The predicted octanol–water partition coefficient (Wildman–Crippen LogP) is 4.92. The summed E-state index contributed by atoms with van der Waals surface area (Å²) in [6, 6.07) is 9.99. The van der Waals surface area contributed by atoms with E-state index in [0.29, 0.717) is 35.6 Å². The Morgan fingerprint density at radius 1 is 1.15 bits per heavy atom. The maximum atomic E-state index is 14.2. The zero-order valence-corrected chi connectivity index (χ0v) is 18.5. The van der Waals surface area contributed by atoms with Gasteiger partial charge in [0.25, 0.3) is 11.9 Å². The van der Waals surface area contributed by atoms with Crippen molar-refractivity contribution < 1.29 is 18.0 Å². The largest absolute Gasteiger partial charge is 0.424 e. The van der Waals surface area contributed by atoms with Crippen molar-refractivity contribution in [2.45, 2.75) is 25.8 Å². The van der Waals surface area contributed by atoms with Gasteiger partial charge in [0.15, 0.2) is 11.4 Å². The minimum Gasteiger partial charge on any atom is -0.424 e. The van der Waals surface area contributed by atoms with Crippen molar-refractivity contribution in [3.63, 3.8) is 0 Å². The van der Waals surface area contributed by atoms with Gasteiger partial charge in [-0.2, -0.15) is 4.98 Å². The van der Waals surface area contributed by atoms with Crippen LogP contribution in [0.4, 0.5) is 14.8 Å². The number of anilines is 1. The molecule has 2 aromatic heterocycles. The van der Waals surface area contributed by atoms with Gasteiger partial charge in [-0.1, -0.05) is 6.92 Å². The van der Waals surface area contributed by atoms with Crippen LogP contribution in [0, 0.1) is 17.6 Å². The molecule has 9 heteroatoms. The Hall–Kier alpha value is -3.88. The maximum Gasteiger partial charge on any atom is 0.295 e. The molecule has 1 saturated heterocycles. The summed E-state index contributed by atoms with van der Waals surface area (Å²) in [7, 11) is 0. The van der Waals surface area contributed by atoms with Crippen LogP contribution in [0.25, 0.3) is 22.5 Å². The molecule has 4 aromatic rings. The second-order valence-corrected chi connectivity index (χ2v) is 8.46. The molecule has 1 aliphatic rings. The van der Waals surface area contributed by atoms with Crippen molar-refractivity contribution in [1.29, 1.82) is 0 Å². The predicted molar refractivity (Wildman–Crippen MR) is 123 cm³/mol. The number of nitrogens with zero attached hydrogens (tertiary/aromatic N) is 4. The van der Waals surface area contributed by atoms with E-state index < -0.39 is 11.6 Å². The Labute approximate surface area is 194 Å². The third-order valence-corrected chi connectivity index (χ3v) is 6.21. The number of aromatic nitrogens is 3. The third-order valence-electron chi connectivity index (χ3n) is 6.21. The lowest BCUT2D eigenvalue weighted by molar-refractivity contribution is 0.0539. The summed E-state index contributed by atoms with van der Waals surface area (Å²) in [5, 5.41) is 3.15. The number of benzene rings is 2. The van der Waals surface area contributed by atoms with E-state index in [9.17, 15) is 13.6 Å². The van der Waals surface area contributed by atoms with E-state index in [1.807, 2.05) is 0 Å². The number of carbonyl (C=O) groups excluding carboxylic acids is 1. The summed E-state index contributed by atoms with van der Waals surface area (Å²) in [6.07, 6.45) is 4.97. The molecule has 34 heavy (non-hydrogen) atoms. The molecule has 0 radical (unpaired) electrons. The van der Waals surface area contributed by atoms with Crippen LogP contribution >= 0.6 is 0 Å². The number of fused-ring (bicyclic) bond motifs is 1. The van der Waals surface area contributed by atoms with E-state index in [4.69, 9.17) is 4.42 Å². The van der Waals surface area contributed by atoms with Crippen LogP contribution in [0.3, 0.4) is 0 Å². The first-order chi connectivity index (χ1) is 16.5. The lowest BCUT2D eigenvalue weighted by Crippen LogP contribution is -2.51. The number of nitrogens with one attached hydrogen (secondary N) is 1. The minimum absolute atomic E-state index is 0.180. The maximum absolute atomic E-state index is 14.2. The first-order valence-electron chi connectivity index (χ1n) is 11.2. The van der Waals surface area contributed by atoms with Crippen molar-refractivity contribution in [3.8, 4) is 11.4 Å². The molecule has 1 fully saturated rings. The lowest BCUT2D eigenvalue weighted by Gasteiger charge is -2.40. The van der Waals surface area contributed by atoms with Crippen molar-refractivity contribution in [3.05, 3.63) is 72.1 Å². The molecule has 0 spiro atoms. The minimum atomic E-state index is -0.499. The summed E-state index contributed by atoms with van der Waals surface area (Å²) >= 11 is 0. The van der Waals surface area contributed by atoms with Crippen molar-refractivity contribution in [2.75, 3.05) is 18.4 Å². The van der Waals surface area contributed by atoms with Crippen LogP contribution in [0.15, 0.2) is 59.3 Å². The number of carbonyl (C=O) groups is 1. The van der Waals surface area contributed by atoms with Crippen molar-refractivity contribution in [2.24, 2.45) is 5.92 Å². The van der Waals surface area contributed by atoms with E-state index in [0.717, 1.165) is 12.8 Å². The van der Waals surface area contributed by atoms with Gasteiger partial charge in [0.2, 0.25) is 0 Å². The molecule has 0 saturated carbocycles. The molecule has 0 bridgehead atoms. The molecule has 2 atom stereocenters. The summed E-state index contributed by atoms with van der Waals surface area (Å²) < 4.78 is 33.3. The molecular weight excluding hydrogens is 440 g/mol. The molecular formula is C25H23F2N5O2. The number of hydrogen-bond acceptors (Lipinski definition) is 6. The van der Waals surface area contributed by atoms with Crippen LogP contribution in [-0.4, -0.2) is 44.9 Å². The standard InChI is InChI=1S/C25H23F2N5O2/c1-15-4-2-11-32(21(15)14-30-25-31-20-13-17(27)6-8-22(20)34-25)24(33)19-12-16(26)5-7-18(19)23-28-9-3-10-29-23/h3,5-10,12-13,15,21H,2,4,11,14H2,1H3,(H,30,31)/t15-,21-/m1/s1. The van der Waals surface area contributed by atoms with Gasteiger partial charge in [-0.3, -0.25) is 4.79 Å². The van der Waals surface area contributed by atoms with Gasteiger partial charge < -0.3 is 14.6 Å². The Balaban J connectivity index is 1.41. The quantitative estimate of drug-likeness (QED) is 0.453.